The minimum absolute atomic E-state index is 0.166. The molecule has 4 heteroatoms. The molecule has 154 valence electrons. The van der Waals surface area contributed by atoms with Gasteiger partial charge in [-0.15, -0.1) is 0 Å². The van der Waals surface area contributed by atoms with Crippen LogP contribution in [0.4, 0.5) is 0 Å². The number of aliphatic carboxylic acids is 1. The number of nitrogens with zero attached hydrogens (tertiary/aromatic N) is 1. The zero-order valence-electron chi connectivity index (χ0n) is 17.2. The molecule has 0 aromatic rings. The van der Waals surface area contributed by atoms with Crippen molar-refractivity contribution in [1.82, 2.24) is 4.90 Å². The third-order valence-electron chi connectivity index (χ3n) is 5.65. The zero-order chi connectivity index (χ0) is 18.9. The molecule has 0 bridgehead atoms. The Morgan fingerprint density at radius 1 is 0.846 bits per heavy atom. The van der Waals surface area contributed by atoms with Crippen LogP contribution in [-0.2, 0) is 9.53 Å². The predicted molar refractivity (Wildman–Crippen MR) is 109 cm³/mol. The summed E-state index contributed by atoms with van der Waals surface area (Å²) in [5.41, 5.74) is 0. The van der Waals surface area contributed by atoms with Crippen LogP contribution in [0.5, 0.6) is 0 Å². The number of ether oxygens (including phenoxy) is 1. The van der Waals surface area contributed by atoms with E-state index < -0.39 is 5.97 Å². The first kappa shape index (κ1) is 23.4. The lowest BCUT2D eigenvalue weighted by molar-refractivity contribution is -0.142. The van der Waals surface area contributed by atoms with Crippen LogP contribution in [-0.4, -0.2) is 48.8 Å². The minimum Gasteiger partial charge on any atom is -0.481 e. The lowest BCUT2D eigenvalue weighted by Crippen LogP contribution is -2.38. The van der Waals surface area contributed by atoms with Gasteiger partial charge < -0.3 is 9.84 Å². The molecule has 1 aliphatic rings. The van der Waals surface area contributed by atoms with Gasteiger partial charge in [0.2, 0.25) is 0 Å². The predicted octanol–water partition coefficient (Wildman–Crippen LogP) is 5.50. The summed E-state index contributed by atoms with van der Waals surface area (Å²) >= 11 is 0. The van der Waals surface area contributed by atoms with E-state index in [1.54, 1.807) is 0 Å². The van der Waals surface area contributed by atoms with Gasteiger partial charge in [0.15, 0.2) is 0 Å². The summed E-state index contributed by atoms with van der Waals surface area (Å²) in [6, 6.07) is 0. The Labute approximate surface area is 161 Å². The maximum Gasteiger partial charge on any atom is 0.306 e. The molecule has 1 aliphatic heterocycles. The fourth-order valence-corrected chi connectivity index (χ4v) is 3.79. The SMILES string of the molecule is CCCCCCCCCCCCCCC(CCN1CCOCC1)C(=O)O. The van der Waals surface area contributed by atoms with E-state index in [1.165, 1.54) is 70.6 Å². The van der Waals surface area contributed by atoms with Crippen molar-refractivity contribution in [3.63, 3.8) is 0 Å². The number of rotatable bonds is 17. The average molecular weight is 370 g/mol. The number of carbonyl (C=O) groups is 1. The second-order valence-corrected chi connectivity index (χ2v) is 7.96. The normalized spacial score (nSPS) is 16.7. The van der Waals surface area contributed by atoms with E-state index in [0.29, 0.717) is 0 Å². The summed E-state index contributed by atoms with van der Waals surface area (Å²) in [5.74, 6) is -0.776. The Hall–Kier alpha value is -0.610. The van der Waals surface area contributed by atoms with Crippen molar-refractivity contribution in [3.8, 4) is 0 Å². The average Bonchev–Trinajstić information content (AvgIpc) is 2.65. The molecule has 1 N–H and O–H groups in total. The Morgan fingerprint density at radius 3 is 1.85 bits per heavy atom. The lowest BCUT2D eigenvalue weighted by atomic mass is 9.96. The molecule has 0 spiro atoms. The van der Waals surface area contributed by atoms with E-state index in [-0.39, 0.29) is 5.92 Å². The first-order chi connectivity index (χ1) is 12.7. The zero-order valence-corrected chi connectivity index (χ0v) is 17.2. The molecule has 0 radical (unpaired) electrons. The highest BCUT2D eigenvalue weighted by atomic mass is 16.5. The van der Waals surface area contributed by atoms with Crippen LogP contribution < -0.4 is 0 Å². The van der Waals surface area contributed by atoms with Crippen molar-refractivity contribution >= 4 is 5.97 Å². The Bertz CT molecular complexity index is 329. The summed E-state index contributed by atoms with van der Waals surface area (Å²) in [4.78, 5) is 13.8. The highest BCUT2D eigenvalue weighted by molar-refractivity contribution is 5.69. The Kier molecular flexibility index (Phi) is 14.9. The molecule has 1 fully saturated rings. The van der Waals surface area contributed by atoms with Gasteiger partial charge in [-0.2, -0.15) is 0 Å². The summed E-state index contributed by atoms with van der Waals surface area (Å²) < 4.78 is 5.34. The molecule has 1 heterocycles. The molecule has 1 atom stereocenters. The molecule has 0 aromatic carbocycles. The molecule has 1 saturated heterocycles. The van der Waals surface area contributed by atoms with Crippen molar-refractivity contribution in [1.29, 1.82) is 0 Å². The Morgan fingerprint density at radius 2 is 1.35 bits per heavy atom. The van der Waals surface area contributed by atoms with Crippen LogP contribution in [0.15, 0.2) is 0 Å². The van der Waals surface area contributed by atoms with Crippen LogP contribution in [0.25, 0.3) is 0 Å². The smallest absolute Gasteiger partial charge is 0.306 e. The first-order valence-corrected chi connectivity index (χ1v) is 11.3. The number of morpholine rings is 1. The number of unbranched alkanes of at least 4 members (excludes halogenated alkanes) is 11. The van der Waals surface area contributed by atoms with Crippen molar-refractivity contribution in [2.24, 2.45) is 5.92 Å². The maximum absolute atomic E-state index is 11.5. The number of hydrogen-bond acceptors (Lipinski definition) is 3. The van der Waals surface area contributed by atoms with Gasteiger partial charge in [0, 0.05) is 13.1 Å². The van der Waals surface area contributed by atoms with Crippen LogP contribution >= 0.6 is 0 Å². The molecule has 4 nitrogen and oxygen atoms in total. The van der Waals surface area contributed by atoms with Gasteiger partial charge in [-0.25, -0.2) is 0 Å². The van der Waals surface area contributed by atoms with Crippen LogP contribution in [0.2, 0.25) is 0 Å². The van der Waals surface area contributed by atoms with Gasteiger partial charge >= 0.3 is 5.97 Å². The topological polar surface area (TPSA) is 49.8 Å². The van der Waals surface area contributed by atoms with Crippen molar-refractivity contribution in [2.45, 2.75) is 96.8 Å². The van der Waals surface area contributed by atoms with Crippen LogP contribution in [0, 0.1) is 5.92 Å². The minimum atomic E-state index is -0.610. The number of carboxylic acids is 1. The molecule has 0 aliphatic carbocycles. The Balaban J connectivity index is 1.92. The fraction of sp³-hybridized carbons (Fsp3) is 0.955. The lowest BCUT2D eigenvalue weighted by Gasteiger charge is -2.27. The van der Waals surface area contributed by atoms with Gasteiger partial charge in [-0.1, -0.05) is 84.0 Å². The second kappa shape index (κ2) is 16.6. The third kappa shape index (κ3) is 12.7. The van der Waals surface area contributed by atoms with Gasteiger partial charge in [-0.05, 0) is 19.4 Å². The maximum atomic E-state index is 11.5. The van der Waals surface area contributed by atoms with E-state index in [2.05, 4.69) is 11.8 Å². The molecule has 1 unspecified atom stereocenters. The molecule has 26 heavy (non-hydrogen) atoms. The van der Waals surface area contributed by atoms with Crippen molar-refractivity contribution in [3.05, 3.63) is 0 Å². The monoisotopic (exact) mass is 369 g/mol. The van der Waals surface area contributed by atoms with Gasteiger partial charge in [-0.3, -0.25) is 9.69 Å². The molecular weight excluding hydrogens is 326 g/mol. The van der Waals surface area contributed by atoms with E-state index in [1.807, 2.05) is 0 Å². The molecule has 0 saturated carbocycles. The standard InChI is InChI=1S/C22H43NO3/c1-2-3-4-5-6-7-8-9-10-11-12-13-14-21(22(24)25)15-16-23-17-19-26-20-18-23/h21H,2-20H2,1H3,(H,24,25). The van der Waals surface area contributed by atoms with Gasteiger partial charge in [0.1, 0.15) is 0 Å². The molecule has 0 aromatic heterocycles. The quantitative estimate of drug-likeness (QED) is 0.344. The van der Waals surface area contributed by atoms with Crippen LogP contribution in [0.1, 0.15) is 96.8 Å². The summed E-state index contributed by atoms with van der Waals surface area (Å²) in [6.45, 7) is 6.64. The van der Waals surface area contributed by atoms with Crippen LogP contribution in [0.3, 0.4) is 0 Å². The van der Waals surface area contributed by atoms with E-state index in [4.69, 9.17) is 4.74 Å². The molecular formula is C22H43NO3. The van der Waals surface area contributed by atoms with Crippen molar-refractivity contribution in [2.75, 3.05) is 32.8 Å². The third-order valence-corrected chi connectivity index (χ3v) is 5.65. The summed E-state index contributed by atoms with van der Waals surface area (Å²) in [7, 11) is 0. The highest BCUT2D eigenvalue weighted by Gasteiger charge is 2.19. The highest BCUT2D eigenvalue weighted by Crippen LogP contribution is 2.17. The van der Waals surface area contributed by atoms with Gasteiger partial charge in [0.25, 0.3) is 0 Å². The largest absolute Gasteiger partial charge is 0.481 e. The first-order valence-electron chi connectivity index (χ1n) is 11.3. The molecule has 1 rings (SSSR count). The molecule has 0 amide bonds. The van der Waals surface area contributed by atoms with E-state index in [0.717, 1.165) is 52.1 Å². The summed E-state index contributed by atoms with van der Waals surface area (Å²) in [5, 5.41) is 9.44. The fourth-order valence-electron chi connectivity index (χ4n) is 3.79. The van der Waals surface area contributed by atoms with Crippen molar-refractivity contribution < 1.29 is 14.6 Å². The number of carboxylic acid groups (broad SMARTS) is 1. The van der Waals surface area contributed by atoms with Gasteiger partial charge in [0.05, 0.1) is 19.1 Å². The van der Waals surface area contributed by atoms with E-state index >= 15 is 0 Å². The van der Waals surface area contributed by atoms with E-state index in [9.17, 15) is 9.90 Å². The summed E-state index contributed by atoms with van der Waals surface area (Å²) in [6.07, 6.45) is 17.6. The number of hydrogen-bond donors (Lipinski definition) is 1. The second-order valence-electron chi connectivity index (χ2n) is 7.96.